The zero-order chi connectivity index (χ0) is 16.8. The molecule has 3 nitrogen and oxygen atoms in total. The normalized spacial score (nSPS) is 11.3. The first-order valence-corrected chi connectivity index (χ1v) is 8.04. The number of benzene rings is 3. The van der Waals surface area contributed by atoms with Crippen LogP contribution < -0.4 is 5.46 Å². The maximum Gasteiger partial charge on any atom is 0.488 e. The van der Waals surface area contributed by atoms with E-state index in [1.165, 1.54) is 32.9 Å². The summed E-state index contributed by atoms with van der Waals surface area (Å²) in [5.74, 6) is 0. The van der Waals surface area contributed by atoms with Gasteiger partial charge in [-0.1, -0.05) is 48.5 Å². The van der Waals surface area contributed by atoms with Gasteiger partial charge in [0.05, 0.1) is 11.0 Å². The maximum atomic E-state index is 9.33. The molecule has 0 unspecified atom stereocenters. The van der Waals surface area contributed by atoms with Crippen LogP contribution in [-0.2, 0) is 0 Å². The Morgan fingerprint density at radius 1 is 0.708 bits per heavy atom. The lowest BCUT2D eigenvalue weighted by Gasteiger charge is -2.11. The highest BCUT2D eigenvalue weighted by atomic mass is 16.4. The molecule has 0 aliphatic rings. The summed E-state index contributed by atoms with van der Waals surface area (Å²) >= 11 is 0. The van der Waals surface area contributed by atoms with Gasteiger partial charge in [-0.15, -0.1) is 0 Å². The highest BCUT2D eigenvalue weighted by molar-refractivity contribution is 6.58. The van der Waals surface area contributed by atoms with Crippen molar-refractivity contribution in [2.45, 2.75) is 13.8 Å². The van der Waals surface area contributed by atoms with Crippen molar-refractivity contribution in [2.24, 2.45) is 0 Å². The van der Waals surface area contributed by atoms with Gasteiger partial charge >= 0.3 is 7.12 Å². The van der Waals surface area contributed by atoms with Crippen molar-refractivity contribution < 1.29 is 10.0 Å². The fourth-order valence-corrected chi connectivity index (χ4v) is 3.51. The lowest BCUT2D eigenvalue weighted by atomic mass is 9.80. The molecule has 0 amide bonds. The van der Waals surface area contributed by atoms with Crippen LogP contribution in [0.1, 0.15) is 11.1 Å². The molecule has 0 aliphatic heterocycles. The first-order valence-electron chi connectivity index (χ1n) is 8.04. The molecule has 0 fully saturated rings. The standard InChI is InChI=1S/C20H18BNO2/c1-13-5-3-7-17-18-8-4-6-14(2)20(18)22(19(13)17)16-11-9-15(10-12-16)21(23)24/h3-12,23-24H,1-2H3. The van der Waals surface area contributed by atoms with Crippen LogP contribution >= 0.6 is 0 Å². The quantitative estimate of drug-likeness (QED) is 0.558. The lowest BCUT2D eigenvalue weighted by molar-refractivity contribution is 0.426. The van der Waals surface area contributed by atoms with Gasteiger partial charge in [-0.3, -0.25) is 0 Å². The lowest BCUT2D eigenvalue weighted by Crippen LogP contribution is -2.29. The largest absolute Gasteiger partial charge is 0.488 e. The van der Waals surface area contributed by atoms with E-state index in [-0.39, 0.29) is 0 Å². The minimum absolute atomic E-state index is 0.493. The Bertz CT molecular complexity index is 990. The fraction of sp³-hybridized carbons (Fsp3) is 0.100. The molecule has 0 bridgehead atoms. The molecule has 1 aromatic heterocycles. The summed E-state index contributed by atoms with van der Waals surface area (Å²) in [7, 11) is -1.44. The van der Waals surface area contributed by atoms with Crippen LogP contribution in [0, 0.1) is 13.8 Å². The van der Waals surface area contributed by atoms with Crippen LogP contribution in [0.5, 0.6) is 0 Å². The molecule has 0 aliphatic carbocycles. The first-order chi connectivity index (χ1) is 11.6. The summed E-state index contributed by atoms with van der Waals surface area (Å²) in [6.45, 7) is 4.25. The van der Waals surface area contributed by atoms with Gasteiger partial charge < -0.3 is 14.6 Å². The van der Waals surface area contributed by atoms with Crippen LogP contribution in [-0.4, -0.2) is 21.7 Å². The topological polar surface area (TPSA) is 45.4 Å². The number of fused-ring (bicyclic) bond motifs is 3. The molecule has 4 heteroatoms. The molecule has 24 heavy (non-hydrogen) atoms. The Labute approximate surface area is 140 Å². The monoisotopic (exact) mass is 315 g/mol. The van der Waals surface area contributed by atoms with Crippen molar-refractivity contribution in [3.05, 3.63) is 71.8 Å². The van der Waals surface area contributed by atoms with Crippen molar-refractivity contribution in [1.82, 2.24) is 4.57 Å². The summed E-state index contributed by atoms with van der Waals surface area (Å²) in [5.41, 5.74) is 6.33. The average molecular weight is 315 g/mol. The molecule has 4 aromatic rings. The Morgan fingerprint density at radius 2 is 1.21 bits per heavy atom. The Kier molecular flexibility index (Phi) is 3.45. The second-order valence-electron chi connectivity index (χ2n) is 6.24. The van der Waals surface area contributed by atoms with Crippen molar-refractivity contribution >= 4 is 34.4 Å². The van der Waals surface area contributed by atoms with E-state index in [0.29, 0.717) is 5.46 Å². The van der Waals surface area contributed by atoms with E-state index in [1.54, 1.807) is 12.1 Å². The highest BCUT2D eigenvalue weighted by Crippen LogP contribution is 2.35. The van der Waals surface area contributed by atoms with E-state index in [9.17, 15) is 10.0 Å². The predicted octanol–water partition coefficient (Wildman–Crippen LogP) is 3.08. The molecule has 1 heterocycles. The third-order valence-electron chi connectivity index (χ3n) is 4.66. The molecule has 0 atom stereocenters. The minimum Gasteiger partial charge on any atom is -0.423 e. The van der Waals surface area contributed by atoms with E-state index in [1.807, 2.05) is 12.1 Å². The minimum atomic E-state index is -1.44. The number of aromatic nitrogens is 1. The molecule has 3 aromatic carbocycles. The highest BCUT2D eigenvalue weighted by Gasteiger charge is 2.16. The zero-order valence-electron chi connectivity index (χ0n) is 13.7. The summed E-state index contributed by atoms with van der Waals surface area (Å²) < 4.78 is 2.27. The van der Waals surface area contributed by atoms with Gasteiger partial charge in [0.1, 0.15) is 0 Å². The molecule has 0 saturated heterocycles. The van der Waals surface area contributed by atoms with Gasteiger partial charge in [-0.05, 0) is 42.6 Å². The van der Waals surface area contributed by atoms with Crippen molar-refractivity contribution in [3.63, 3.8) is 0 Å². The smallest absolute Gasteiger partial charge is 0.423 e. The molecule has 2 N–H and O–H groups in total. The van der Waals surface area contributed by atoms with Gasteiger partial charge in [0.15, 0.2) is 0 Å². The Hall–Kier alpha value is -2.56. The number of hydrogen-bond donors (Lipinski definition) is 2. The second-order valence-corrected chi connectivity index (χ2v) is 6.24. The molecule has 4 rings (SSSR count). The van der Waals surface area contributed by atoms with Crippen LogP contribution in [0.4, 0.5) is 0 Å². The molecule has 0 radical (unpaired) electrons. The SMILES string of the molecule is Cc1cccc2c3cccc(C)c3n(-c3ccc(B(O)O)cc3)c12. The van der Waals surface area contributed by atoms with Gasteiger partial charge in [0.25, 0.3) is 0 Å². The Morgan fingerprint density at radius 3 is 1.67 bits per heavy atom. The summed E-state index contributed by atoms with van der Waals surface area (Å²) in [5, 5.41) is 21.1. The molecule has 0 spiro atoms. The number of rotatable bonds is 2. The molecule has 118 valence electrons. The number of hydrogen-bond acceptors (Lipinski definition) is 2. The summed E-state index contributed by atoms with van der Waals surface area (Å²) in [4.78, 5) is 0. The van der Waals surface area contributed by atoms with Crippen LogP contribution in [0.25, 0.3) is 27.5 Å². The zero-order valence-corrected chi connectivity index (χ0v) is 13.7. The van der Waals surface area contributed by atoms with Gasteiger partial charge in [-0.2, -0.15) is 0 Å². The van der Waals surface area contributed by atoms with E-state index in [4.69, 9.17) is 0 Å². The summed E-state index contributed by atoms with van der Waals surface area (Å²) in [6, 6.07) is 20.1. The number of nitrogens with zero attached hydrogens (tertiary/aromatic N) is 1. The average Bonchev–Trinajstić information content (AvgIpc) is 2.92. The Balaban J connectivity index is 2.12. The van der Waals surface area contributed by atoms with E-state index in [2.05, 4.69) is 54.8 Å². The summed E-state index contributed by atoms with van der Waals surface area (Å²) in [6.07, 6.45) is 0. The van der Waals surface area contributed by atoms with E-state index in [0.717, 1.165) is 5.69 Å². The fourth-order valence-electron chi connectivity index (χ4n) is 3.51. The van der Waals surface area contributed by atoms with E-state index >= 15 is 0 Å². The van der Waals surface area contributed by atoms with Gasteiger partial charge in [-0.25, -0.2) is 0 Å². The third-order valence-corrected chi connectivity index (χ3v) is 4.66. The number of para-hydroxylation sites is 2. The number of aryl methyl sites for hydroxylation is 2. The van der Waals surface area contributed by atoms with Crippen molar-refractivity contribution in [2.75, 3.05) is 0 Å². The molecular weight excluding hydrogens is 297 g/mol. The molecular formula is C20H18BNO2. The second kappa shape index (κ2) is 5.51. The van der Waals surface area contributed by atoms with Gasteiger partial charge in [0.2, 0.25) is 0 Å². The third kappa shape index (κ3) is 2.15. The maximum absolute atomic E-state index is 9.33. The van der Waals surface area contributed by atoms with Gasteiger partial charge in [0, 0.05) is 16.5 Å². The van der Waals surface area contributed by atoms with Crippen LogP contribution in [0.15, 0.2) is 60.7 Å². The van der Waals surface area contributed by atoms with Crippen molar-refractivity contribution in [1.29, 1.82) is 0 Å². The van der Waals surface area contributed by atoms with Crippen LogP contribution in [0.3, 0.4) is 0 Å². The first kappa shape index (κ1) is 15.0. The van der Waals surface area contributed by atoms with Crippen LogP contribution in [0.2, 0.25) is 0 Å². The van der Waals surface area contributed by atoms with Crippen molar-refractivity contribution in [3.8, 4) is 5.69 Å². The molecule has 0 saturated carbocycles. The van der Waals surface area contributed by atoms with E-state index < -0.39 is 7.12 Å². The predicted molar refractivity (Wildman–Crippen MR) is 100 cm³/mol.